The molecule has 1 aliphatic carbocycles. The fourth-order valence-electron chi connectivity index (χ4n) is 3.34. The first kappa shape index (κ1) is 16.4. The lowest BCUT2D eigenvalue weighted by Crippen LogP contribution is -2.36. The zero-order valence-electron chi connectivity index (χ0n) is 14.4. The molecule has 1 aromatic carbocycles. The van der Waals surface area contributed by atoms with Gasteiger partial charge in [-0.05, 0) is 50.2 Å². The fourth-order valence-corrected chi connectivity index (χ4v) is 3.34. The lowest BCUT2D eigenvalue weighted by Gasteiger charge is -2.36. The maximum atomic E-state index is 3.57. The van der Waals surface area contributed by atoms with E-state index in [1.165, 1.54) is 42.5 Å². The molecule has 1 fully saturated rings. The van der Waals surface area contributed by atoms with Crippen molar-refractivity contribution in [2.75, 3.05) is 11.9 Å². The smallest absolute Gasteiger partial charge is 0.0411 e. The van der Waals surface area contributed by atoms with Crippen molar-refractivity contribution in [3.8, 4) is 0 Å². The number of hydrogen-bond acceptors (Lipinski definition) is 2. The van der Waals surface area contributed by atoms with Crippen molar-refractivity contribution in [2.24, 2.45) is 5.92 Å². The molecule has 1 aliphatic rings. The van der Waals surface area contributed by atoms with Gasteiger partial charge in [0.2, 0.25) is 0 Å². The summed E-state index contributed by atoms with van der Waals surface area (Å²) in [5.41, 5.74) is 4.20. The van der Waals surface area contributed by atoms with Crippen LogP contribution in [0.4, 0.5) is 5.69 Å². The summed E-state index contributed by atoms with van der Waals surface area (Å²) in [5, 5.41) is 3.57. The number of hydrogen-bond donors (Lipinski definition) is 1. The normalized spacial score (nSPS) is 22.6. The second kappa shape index (κ2) is 7.31. The number of aryl methyl sites for hydroxylation is 1. The highest BCUT2D eigenvalue weighted by molar-refractivity contribution is 5.55. The molecule has 0 heterocycles. The Kier molecular flexibility index (Phi) is 5.69. The number of benzene rings is 1. The van der Waals surface area contributed by atoms with E-state index in [-0.39, 0.29) is 0 Å². The molecule has 1 aromatic rings. The molecule has 118 valence electrons. The second-order valence-corrected chi connectivity index (χ2v) is 7.19. The van der Waals surface area contributed by atoms with E-state index in [0.717, 1.165) is 12.5 Å². The van der Waals surface area contributed by atoms with Crippen LogP contribution < -0.4 is 10.2 Å². The van der Waals surface area contributed by atoms with Gasteiger partial charge in [0.1, 0.15) is 0 Å². The third-order valence-corrected chi connectivity index (χ3v) is 4.85. The minimum absolute atomic E-state index is 0.527. The van der Waals surface area contributed by atoms with Gasteiger partial charge in [0.15, 0.2) is 0 Å². The van der Waals surface area contributed by atoms with Gasteiger partial charge in [-0.15, -0.1) is 0 Å². The Morgan fingerprint density at radius 3 is 2.48 bits per heavy atom. The summed E-state index contributed by atoms with van der Waals surface area (Å²) in [6.07, 6.45) is 5.42. The van der Waals surface area contributed by atoms with Gasteiger partial charge in [-0.3, -0.25) is 0 Å². The summed E-state index contributed by atoms with van der Waals surface area (Å²) in [6, 6.07) is 8.13. The summed E-state index contributed by atoms with van der Waals surface area (Å²) in [6.45, 7) is 9.95. The summed E-state index contributed by atoms with van der Waals surface area (Å²) in [7, 11) is 2.28. The Morgan fingerprint density at radius 2 is 1.86 bits per heavy atom. The van der Waals surface area contributed by atoms with E-state index >= 15 is 0 Å². The van der Waals surface area contributed by atoms with E-state index in [4.69, 9.17) is 0 Å². The number of anilines is 1. The number of rotatable bonds is 5. The van der Waals surface area contributed by atoms with E-state index in [1.807, 2.05) is 0 Å². The SMILES string of the molecule is Cc1ccc(N(C)C2CCC(C)CC2)c(CNC(C)C)c1. The van der Waals surface area contributed by atoms with Crippen LogP contribution in [0.25, 0.3) is 0 Å². The average Bonchev–Trinajstić information content (AvgIpc) is 2.45. The van der Waals surface area contributed by atoms with Crippen molar-refractivity contribution >= 4 is 5.69 Å². The maximum Gasteiger partial charge on any atom is 0.0411 e. The van der Waals surface area contributed by atoms with E-state index in [2.05, 4.69) is 63.2 Å². The van der Waals surface area contributed by atoms with Crippen LogP contribution in [0.3, 0.4) is 0 Å². The minimum Gasteiger partial charge on any atom is -0.371 e. The lowest BCUT2D eigenvalue weighted by molar-refractivity contribution is 0.340. The van der Waals surface area contributed by atoms with Crippen LogP contribution in [-0.2, 0) is 6.54 Å². The fraction of sp³-hybridized carbons (Fsp3) is 0.684. The average molecular weight is 288 g/mol. The molecular formula is C19H32N2. The van der Waals surface area contributed by atoms with Gasteiger partial charge in [-0.2, -0.15) is 0 Å². The minimum atomic E-state index is 0.527. The third kappa shape index (κ3) is 4.47. The molecule has 0 aromatic heterocycles. The highest BCUT2D eigenvalue weighted by Crippen LogP contribution is 2.31. The number of nitrogens with one attached hydrogen (secondary N) is 1. The molecule has 1 N–H and O–H groups in total. The van der Waals surface area contributed by atoms with Crippen molar-refractivity contribution in [1.29, 1.82) is 0 Å². The molecule has 0 spiro atoms. The Hall–Kier alpha value is -1.02. The van der Waals surface area contributed by atoms with Gasteiger partial charge < -0.3 is 10.2 Å². The first-order valence-corrected chi connectivity index (χ1v) is 8.53. The van der Waals surface area contributed by atoms with Crippen LogP contribution in [0.5, 0.6) is 0 Å². The monoisotopic (exact) mass is 288 g/mol. The van der Waals surface area contributed by atoms with Gasteiger partial charge in [0.05, 0.1) is 0 Å². The zero-order chi connectivity index (χ0) is 15.4. The number of nitrogens with zero attached hydrogens (tertiary/aromatic N) is 1. The van der Waals surface area contributed by atoms with Gasteiger partial charge in [0.25, 0.3) is 0 Å². The molecule has 0 unspecified atom stereocenters. The van der Waals surface area contributed by atoms with Crippen molar-refractivity contribution in [1.82, 2.24) is 5.32 Å². The topological polar surface area (TPSA) is 15.3 Å². The van der Waals surface area contributed by atoms with E-state index in [1.54, 1.807) is 0 Å². The first-order chi connectivity index (χ1) is 9.97. The zero-order valence-corrected chi connectivity index (χ0v) is 14.4. The van der Waals surface area contributed by atoms with Crippen molar-refractivity contribution < 1.29 is 0 Å². The van der Waals surface area contributed by atoms with Crippen LogP contribution in [0.15, 0.2) is 18.2 Å². The second-order valence-electron chi connectivity index (χ2n) is 7.19. The third-order valence-electron chi connectivity index (χ3n) is 4.85. The molecule has 2 rings (SSSR count). The quantitative estimate of drug-likeness (QED) is 0.857. The van der Waals surface area contributed by atoms with Gasteiger partial charge in [-0.25, -0.2) is 0 Å². The molecule has 2 heteroatoms. The molecule has 0 atom stereocenters. The summed E-state index contributed by atoms with van der Waals surface area (Å²) < 4.78 is 0. The van der Waals surface area contributed by atoms with Gasteiger partial charge in [-0.1, -0.05) is 38.5 Å². The molecular weight excluding hydrogens is 256 g/mol. The molecule has 0 aliphatic heterocycles. The predicted octanol–water partition coefficient (Wildman–Crippen LogP) is 4.51. The highest BCUT2D eigenvalue weighted by atomic mass is 15.1. The molecule has 0 saturated heterocycles. The van der Waals surface area contributed by atoms with Crippen LogP contribution >= 0.6 is 0 Å². The van der Waals surface area contributed by atoms with Crippen LogP contribution in [0.2, 0.25) is 0 Å². The highest BCUT2D eigenvalue weighted by Gasteiger charge is 2.23. The van der Waals surface area contributed by atoms with Crippen LogP contribution in [0.1, 0.15) is 57.6 Å². The van der Waals surface area contributed by atoms with Crippen LogP contribution in [-0.4, -0.2) is 19.1 Å². The molecule has 21 heavy (non-hydrogen) atoms. The van der Waals surface area contributed by atoms with Gasteiger partial charge >= 0.3 is 0 Å². The summed E-state index contributed by atoms with van der Waals surface area (Å²) >= 11 is 0. The van der Waals surface area contributed by atoms with E-state index in [0.29, 0.717) is 12.1 Å². The van der Waals surface area contributed by atoms with Crippen molar-refractivity contribution in [3.63, 3.8) is 0 Å². The molecule has 2 nitrogen and oxygen atoms in total. The van der Waals surface area contributed by atoms with Crippen LogP contribution in [0, 0.1) is 12.8 Å². The molecule has 0 bridgehead atoms. The maximum absolute atomic E-state index is 3.57. The summed E-state index contributed by atoms with van der Waals surface area (Å²) in [5.74, 6) is 0.912. The largest absolute Gasteiger partial charge is 0.371 e. The Bertz CT molecular complexity index is 445. The molecule has 0 amide bonds. The van der Waals surface area contributed by atoms with E-state index in [9.17, 15) is 0 Å². The Balaban J connectivity index is 2.13. The predicted molar refractivity (Wildman–Crippen MR) is 93.0 cm³/mol. The Labute approximate surface area is 130 Å². The first-order valence-electron chi connectivity index (χ1n) is 8.53. The van der Waals surface area contributed by atoms with Crippen molar-refractivity contribution in [3.05, 3.63) is 29.3 Å². The summed E-state index contributed by atoms with van der Waals surface area (Å²) in [4.78, 5) is 2.53. The lowest BCUT2D eigenvalue weighted by atomic mass is 9.86. The molecule has 0 radical (unpaired) electrons. The molecule has 1 saturated carbocycles. The van der Waals surface area contributed by atoms with E-state index < -0.39 is 0 Å². The standard InChI is InChI=1S/C19H32N2/c1-14(2)20-13-17-12-16(4)8-11-19(17)21(5)18-9-6-15(3)7-10-18/h8,11-12,14-15,18,20H,6-7,9-10,13H2,1-5H3. The van der Waals surface area contributed by atoms with Crippen molar-refractivity contribution in [2.45, 2.75) is 72.0 Å². The Morgan fingerprint density at radius 1 is 1.19 bits per heavy atom. The van der Waals surface area contributed by atoms with Gasteiger partial charge in [0, 0.05) is 31.4 Å².